The average molecular weight is 185 g/mol. The molecule has 2 unspecified atom stereocenters. The van der Waals surface area contributed by atoms with Crippen molar-refractivity contribution >= 4 is 5.97 Å². The molecule has 1 saturated heterocycles. The van der Waals surface area contributed by atoms with E-state index < -0.39 is 5.97 Å². The zero-order valence-corrected chi connectivity index (χ0v) is 8.25. The van der Waals surface area contributed by atoms with Gasteiger partial charge in [0.05, 0.1) is 0 Å². The van der Waals surface area contributed by atoms with Gasteiger partial charge in [0, 0.05) is 18.5 Å². The second-order valence-corrected chi connectivity index (χ2v) is 3.98. The van der Waals surface area contributed by atoms with Gasteiger partial charge in [0.15, 0.2) is 0 Å². The van der Waals surface area contributed by atoms with Crippen LogP contribution in [0.1, 0.15) is 45.4 Å². The summed E-state index contributed by atoms with van der Waals surface area (Å²) in [4.78, 5) is 10.3. The van der Waals surface area contributed by atoms with Crippen molar-refractivity contribution in [2.24, 2.45) is 0 Å². The molecule has 76 valence electrons. The number of carbonyl (C=O) groups is 1. The highest BCUT2D eigenvalue weighted by Crippen LogP contribution is 2.16. The SMILES string of the molecule is CC1CCCC(CCCC(=O)O)N1. The van der Waals surface area contributed by atoms with Gasteiger partial charge in [-0.2, -0.15) is 0 Å². The lowest BCUT2D eigenvalue weighted by atomic mass is 9.96. The number of carboxylic acids is 1. The number of rotatable bonds is 4. The minimum absolute atomic E-state index is 0.312. The summed E-state index contributed by atoms with van der Waals surface area (Å²) in [5.41, 5.74) is 0. The van der Waals surface area contributed by atoms with E-state index in [4.69, 9.17) is 5.11 Å². The van der Waals surface area contributed by atoms with Crippen LogP contribution in [0.25, 0.3) is 0 Å². The Morgan fingerprint density at radius 3 is 2.92 bits per heavy atom. The lowest BCUT2D eigenvalue weighted by Gasteiger charge is -2.28. The van der Waals surface area contributed by atoms with Crippen molar-refractivity contribution in [1.82, 2.24) is 5.32 Å². The molecule has 1 fully saturated rings. The Morgan fingerprint density at radius 2 is 2.31 bits per heavy atom. The summed E-state index contributed by atoms with van der Waals surface area (Å²) in [6, 6.07) is 1.17. The van der Waals surface area contributed by atoms with Crippen LogP contribution >= 0.6 is 0 Å². The summed E-state index contributed by atoms with van der Waals surface area (Å²) >= 11 is 0. The van der Waals surface area contributed by atoms with Gasteiger partial charge < -0.3 is 10.4 Å². The first kappa shape index (κ1) is 10.5. The van der Waals surface area contributed by atoms with Gasteiger partial charge in [-0.3, -0.25) is 4.79 Å². The topological polar surface area (TPSA) is 49.3 Å². The zero-order valence-electron chi connectivity index (χ0n) is 8.25. The number of aliphatic carboxylic acids is 1. The van der Waals surface area contributed by atoms with Gasteiger partial charge >= 0.3 is 5.97 Å². The first-order valence-corrected chi connectivity index (χ1v) is 5.16. The molecule has 0 aromatic heterocycles. The van der Waals surface area contributed by atoms with Crippen LogP contribution in [-0.4, -0.2) is 23.2 Å². The number of nitrogens with one attached hydrogen (secondary N) is 1. The third-order valence-electron chi connectivity index (χ3n) is 2.65. The second kappa shape index (κ2) is 5.22. The smallest absolute Gasteiger partial charge is 0.303 e. The van der Waals surface area contributed by atoms with Crippen molar-refractivity contribution in [2.45, 2.75) is 57.5 Å². The van der Waals surface area contributed by atoms with Crippen LogP contribution in [0, 0.1) is 0 Å². The van der Waals surface area contributed by atoms with E-state index in [-0.39, 0.29) is 0 Å². The van der Waals surface area contributed by atoms with Crippen molar-refractivity contribution in [1.29, 1.82) is 0 Å². The van der Waals surface area contributed by atoms with Crippen molar-refractivity contribution in [3.8, 4) is 0 Å². The highest BCUT2D eigenvalue weighted by molar-refractivity contribution is 5.66. The van der Waals surface area contributed by atoms with Gasteiger partial charge in [-0.1, -0.05) is 6.42 Å². The maximum atomic E-state index is 10.3. The maximum Gasteiger partial charge on any atom is 0.303 e. The number of piperidine rings is 1. The Labute approximate surface area is 79.5 Å². The summed E-state index contributed by atoms with van der Waals surface area (Å²) in [6.07, 6.45) is 5.88. The Hall–Kier alpha value is -0.570. The normalized spacial score (nSPS) is 28.7. The van der Waals surface area contributed by atoms with E-state index in [2.05, 4.69) is 12.2 Å². The van der Waals surface area contributed by atoms with Crippen molar-refractivity contribution < 1.29 is 9.90 Å². The summed E-state index contributed by atoms with van der Waals surface area (Å²) in [5, 5.41) is 12.0. The molecule has 0 aromatic carbocycles. The molecule has 2 N–H and O–H groups in total. The maximum absolute atomic E-state index is 10.3. The van der Waals surface area contributed by atoms with Crippen molar-refractivity contribution in [3.63, 3.8) is 0 Å². The van der Waals surface area contributed by atoms with Crippen LogP contribution in [-0.2, 0) is 4.79 Å². The van der Waals surface area contributed by atoms with Crippen LogP contribution in [0.2, 0.25) is 0 Å². The molecular formula is C10H19NO2. The highest BCUT2D eigenvalue weighted by Gasteiger charge is 2.17. The molecule has 1 aliphatic heterocycles. The summed E-state index contributed by atoms with van der Waals surface area (Å²) in [6.45, 7) is 2.20. The third kappa shape index (κ3) is 4.27. The lowest BCUT2D eigenvalue weighted by Crippen LogP contribution is -2.40. The fourth-order valence-electron chi connectivity index (χ4n) is 1.97. The molecule has 0 amide bonds. The van der Waals surface area contributed by atoms with Gasteiger partial charge in [-0.15, -0.1) is 0 Å². The minimum Gasteiger partial charge on any atom is -0.481 e. The van der Waals surface area contributed by atoms with E-state index in [1.165, 1.54) is 19.3 Å². The molecule has 0 aliphatic carbocycles. The Kier molecular flexibility index (Phi) is 4.22. The molecule has 1 aliphatic rings. The van der Waals surface area contributed by atoms with Crippen molar-refractivity contribution in [2.75, 3.05) is 0 Å². The van der Waals surface area contributed by atoms with E-state index in [1.54, 1.807) is 0 Å². The molecule has 0 aromatic rings. The molecular weight excluding hydrogens is 166 g/mol. The van der Waals surface area contributed by atoms with Gasteiger partial charge in [0.2, 0.25) is 0 Å². The molecule has 0 spiro atoms. The van der Waals surface area contributed by atoms with Crippen LogP contribution in [0.15, 0.2) is 0 Å². The Bertz CT molecular complexity index is 170. The molecule has 3 nitrogen and oxygen atoms in total. The molecule has 1 rings (SSSR count). The number of carboxylic acid groups (broad SMARTS) is 1. The van der Waals surface area contributed by atoms with Crippen LogP contribution in [0.3, 0.4) is 0 Å². The first-order valence-electron chi connectivity index (χ1n) is 5.16. The minimum atomic E-state index is -0.677. The number of hydrogen-bond donors (Lipinski definition) is 2. The van der Waals surface area contributed by atoms with Crippen LogP contribution in [0.4, 0.5) is 0 Å². The van der Waals surface area contributed by atoms with E-state index in [0.717, 1.165) is 12.8 Å². The quantitative estimate of drug-likeness (QED) is 0.701. The van der Waals surface area contributed by atoms with Crippen LogP contribution in [0.5, 0.6) is 0 Å². The largest absolute Gasteiger partial charge is 0.481 e. The Balaban J connectivity index is 2.10. The van der Waals surface area contributed by atoms with E-state index in [9.17, 15) is 4.79 Å². The first-order chi connectivity index (χ1) is 6.18. The standard InChI is InChI=1S/C10H19NO2/c1-8-4-2-5-9(11-8)6-3-7-10(12)13/h8-9,11H,2-7H2,1H3,(H,12,13). The predicted molar refractivity (Wildman–Crippen MR) is 51.7 cm³/mol. The molecule has 13 heavy (non-hydrogen) atoms. The monoisotopic (exact) mass is 185 g/mol. The van der Waals surface area contributed by atoms with Crippen LogP contribution < -0.4 is 5.32 Å². The molecule has 0 bridgehead atoms. The third-order valence-corrected chi connectivity index (χ3v) is 2.65. The molecule has 3 heteroatoms. The molecule has 2 atom stereocenters. The average Bonchev–Trinajstić information content (AvgIpc) is 2.03. The van der Waals surface area contributed by atoms with Gasteiger partial charge in [0.25, 0.3) is 0 Å². The van der Waals surface area contributed by atoms with E-state index in [1.807, 2.05) is 0 Å². The van der Waals surface area contributed by atoms with Crippen molar-refractivity contribution in [3.05, 3.63) is 0 Å². The second-order valence-electron chi connectivity index (χ2n) is 3.98. The summed E-state index contributed by atoms with van der Waals surface area (Å²) in [5.74, 6) is -0.677. The fraction of sp³-hybridized carbons (Fsp3) is 0.900. The Morgan fingerprint density at radius 1 is 1.54 bits per heavy atom. The molecule has 1 heterocycles. The fourth-order valence-corrected chi connectivity index (χ4v) is 1.97. The van der Waals surface area contributed by atoms with Gasteiger partial charge in [-0.05, 0) is 32.6 Å². The van der Waals surface area contributed by atoms with E-state index in [0.29, 0.717) is 18.5 Å². The zero-order chi connectivity index (χ0) is 9.68. The lowest BCUT2D eigenvalue weighted by molar-refractivity contribution is -0.137. The summed E-state index contributed by atoms with van der Waals surface area (Å²) in [7, 11) is 0. The van der Waals surface area contributed by atoms with Gasteiger partial charge in [-0.25, -0.2) is 0 Å². The summed E-state index contributed by atoms with van der Waals surface area (Å²) < 4.78 is 0. The molecule has 0 radical (unpaired) electrons. The predicted octanol–water partition coefficient (Wildman–Crippen LogP) is 1.77. The van der Waals surface area contributed by atoms with Gasteiger partial charge in [0.1, 0.15) is 0 Å². The number of hydrogen-bond acceptors (Lipinski definition) is 2. The highest BCUT2D eigenvalue weighted by atomic mass is 16.4. The molecule has 0 saturated carbocycles. The van der Waals surface area contributed by atoms with E-state index >= 15 is 0 Å².